The molecule has 0 aliphatic carbocycles. The number of anilines is 1. The van der Waals surface area contributed by atoms with Gasteiger partial charge in [0.2, 0.25) is 5.91 Å². The molecule has 0 saturated carbocycles. The number of amides is 1. The number of methoxy groups -OCH3 is 2. The molecule has 196 valence electrons. The predicted octanol–water partition coefficient (Wildman–Crippen LogP) is 4.22. The SMILES string of the molecule is COc1cc2nc(SCC(=O)Nc3ccc(F)cc3)n3nc(CCn4nc(C)cc4C)nc3c2cc1OC. The summed E-state index contributed by atoms with van der Waals surface area (Å²) in [6, 6.07) is 11.2. The van der Waals surface area contributed by atoms with Crippen molar-refractivity contribution in [3.05, 3.63) is 65.5 Å². The van der Waals surface area contributed by atoms with Gasteiger partial charge in [0.05, 0.1) is 31.2 Å². The van der Waals surface area contributed by atoms with E-state index < -0.39 is 0 Å². The van der Waals surface area contributed by atoms with Crippen molar-refractivity contribution in [3.8, 4) is 11.5 Å². The van der Waals surface area contributed by atoms with Crippen LogP contribution >= 0.6 is 11.8 Å². The largest absolute Gasteiger partial charge is 0.493 e. The number of carbonyl (C=O) groups is 1. The first-order valence-corrected chi connectivity index (χ1v) is 12.8. The van der Waals surface area contributed by atoms with Gasteiger partial charge in [-0.2, -0.15) is 9.61 Å². The zero-order chi connectivity index (χ0) is 26.8. The van der Waals surface area contributed by atoms with E-state index in [2.05, 4.69) is 10.4 Å². The van der Waals surface area contributed by atoms with Gasteiger partial charge < -0.3 is 14.8 Å². The molecule has 38 heavy (non-hydrogen) atoms. The number of hydrogen-bond donors (Lipinski definition) is 1. The Labute approximate surface area is 222 Å². The summed E-state index contributed by atoms with van der Waals surface area (Å²) in [5, 5.41) is 13.2. The lowest BCUT2D eigenvalue weighted by Gasteiger charge is -2.11. The van der Waals surface area contributed by atoms with Crippen LogP contribution in [-0.4, -0.2) is 55.2 Å². The third-order valence-electron chi connectivity index (χ3n) is 5.90. The van der Waals surface area contributed by atoms with Crippen LogP contribution in [0.2, 0.25) is 0 Å². The van der Waals surface area contributed by atoms with Crippen molar-refractivity contribution in [2.75, 3.05) is 25.3 Å². The van der Waals surface area contributed by atoms with Crippen LogP contribution in [0.15, 0.2) is 47.6 Å². The number of carbonyl (C=O) groups excluding carboxylic acids is 1. The molecule has 1 amide bonds. The van der Waals surface area contributed by atoms with Gasteiger partial charge in [0.1, 0.15) is 5.82 Å². The van der Waals surface area contributed by atoms with Gasteiger partial charge in [0.15, 0.2) is 28.1 Å². The lowest BCUT2D eigenvalue weighted by Crippen LogP contribution is -2.14. The Kier molecular flexibility index (Phi) is 7.14. The van der Waals surface area contributed by atoms with E-state index in [0.29, 0.717) is 52.3 Å². The Morgan fingerprint density at radius 2 is 1.76 bits per heavy atom. The molecule has 0 saturated heterocycles. The number of nitrogens with one attached hydrogen (secondary N) is 1. The second-order valence-electron chi connectivity index (χ2n) is 8.63. The Balaban J connectivity index is 1.47. The number of fused-ring (bicyclic) bond motifs is 3. The van der Waals surface area contributed by atoms with E-state index in [-0.39, 0.29) is 17.5 Å². The van der Waals surface area contributed by atoms with Gasteiger partial charge in [-0.15, -0.1) is 5.10 Å². The fourth-order valence-corrected chi connectivity index (χ4v) is 4.86. The average Bonchev–Trinajstić information content (AvgIpc) is 3.48. The molecule has 0 aliphatic heterocycles. The molecule has 5 rings (SSSR count). The lowest BCUT2D eigenvalue weighted by molar-refractivity contribution is -0.113. The van der Waals surface area contributed by atoms with Gasteiger partial charge in [-0.25, -0.2) is 14.4 Å². The van der Waals surface area contributed by atoms with Crippen LogP contribution in [0.4, 0.5) is 10.1 Å². The van der Waals surface area contributed by atoms with Crippen LogP contribution < -0.4 is 14.8 Å². The normalized spacial score (nSPS) is 11.3. The Bertz CT molecular complexity index is 1630. The number of aromatic nitrogens is 6. The summed E-state index contributed by atoms with van der Waals surface area (Å²) in [6.07, 6.45) is 0.563. The first kappa shape index (κ1) is 25.5. The van der Waals surface area contributed by atoms with Crippen LogP contribution in [0, 0.1) is 19.7 Å². The first-order valence-electron chi connectivity index (χ1n) is 11.8. The second-order valence-corrected chi connectivity index (χ2v) is 9.57. The molecule has 0 fully saturated rings. The summed E-state index contributed by atoms with van der Waals surface area (Å²) in [6.45, 7) is 4.60. The van der Waals surface area contributed by atoms with Gasteiger partial charge in [-0.1, -0.05) is 11.8 Å². The minimum Gasteiger partial charge on any atom is -0.493 e. The number of hydrogen-bond acceptors (Lipinski definition) is 8. The molecule has 5 aromatic rings. The number of halogens is 1. The van der Waals surface area contributed by atoms with Crippen molar-refractivity contribution in [1.29, 1.82) is 0 Å². The molecular weight excluding hydrogens is 509 g/mol. The molecule has 0 aliphatic rings. The zero-order valence-corrected chi connectivity index (χ0v) is 22.2. The first-order chi connectivity index (χ1) is 18.3. The second kappa shape index (κ2) is 10.7. The molecule has 0 bridgehead atoms. The fraction of sp³-hybridized carbons (Fsp3) is 0.269. The summed E-state index contributed by atoms with van der Waals surface area (Å²) in [7, 11) is 3.13. The van der Waals surface area contributed by atoms with Crippen LogP contribution in [0.5, 0.6) is 11.5 Å². The van der Waals surface area contributed by atoms with Gasteiger partial charge in [-0.05, 0) is 50.2 Å². The monoisotopic (exact) mass is 535 g/mol. The van der Waals surface area contributed by atoms with Crippen molar-refractivity contribution in [1.82, 2.24) is 29.4 Å². The fourth-order valence-electron chi connectivity index (χ4n) is 4.12. The Morgan fingerprint density at radius 1 is 1.03 bits per heavy atom. The van der Waals surface area contributed by atoms with Crippen molar-refractivity contribution in [3.63, 3.8) is 0 Å². The zero-order valence-electron chi connectivity index (χ0n) is 21.4. The summed E-state index contributed by atoms with van der Waals surface area (Å²) < 4.78 is 27.7. The van der Waals surface area contributed by atoms with Crippen LogP contribution in [0.3, 0.4) is 0 Å². The standard InChI is InChI=1S/C26H26FN7O3S/c1-15-11-16(2)33(31-15)10-9-23-30-25-19-12-21(36-3)22(37-4)13-20(19)29-26(34(25)32-23)38-14-24(35)28-18-7-5-17(27)6-8-18/h5-8,11-13H,9-10,14H2,1-4H3,(H,28,35). The van der Waals surface area contributed by atoms with Gasteiger partial charge in [0, 0.05) is 35.8 Å². The number of nitrogens with zero attached hydrogens (tertiary/aromatic N) is 6. The molecule has 3 heterocycles. The third-order valence-corrected chi connectivity index (χ3v) is 6.83. The lowest BCUT2D eigenvalue weighted by atomic mass is 10.2. The Hall–Kier alpha value is -4.19. The van der Waals surface area contributed by atoms with Crippen LogP contribution in [0.1, 0.15) is 17.2 Å². The van der Waals surface area contributed by atoms with E-state index in [1.807, 2.05) is 30.7 Å². The van der Waals surface area contributed by atoms with Crippen molar-refractivity contribution < 1.29 is 18.7 Å². The summed E-state index contributed by atoms with van der Waals surface area (Å²) in [5.74, 6) is 1.15. The van der Waals surface area contributed by atoms with Gasteiger partial charge >= 0.3 is 0 Å². The predicted molar refractivity (Wildman–Crippen MR) is 143 cm³/mol. The van der Waals surface area contributed by atoms with Gasteiger partial charge in [0.25, 0.3) is 0 Å². The molecule has 0 unspecified atom stereocenters. The van der Waals surface area contributed by atoms with E-state index in [1.54, 1.807) is 24.8 Å². The molecule has 2 aromatic carbocycles. The van der Waals surface area contributed by atoms with Crippen molar-refractivity contribution in [2.24, 2.45) is 0 Å². The highest BCUT2D eigenvalue weighted by molar-refractivity contribution is 7.99. The molecule has 1 N–H and O–H groups in total. The molecular formula is C26H26FN7O3S. The maximum Gasteiger partial charge on any atom is 0.234 e. The number of thioether (sulfide) groups is 1. The minimum absolute atomic E-state index is 0.0687. The molecule has 0 radical (unpaired) electrons. The van der Waals surface area contributed by atoms with Gasteiger partial charge in [-0.3, -0.25) is 9.48 Å². The Morgan fingerprint density at radius 3 is 2.45 bits per heavy atom. The summed E-state index contributed by atoms with van der Waals surface area (Å²) in [4.78, 5) is 22.2. The average molecular weight is 536 g/mol. The highest BCUT2D eigenvalue weighted by Crippen LogP contribution is 2.34. The highest BCUT2D eigenvalue weighted by Gasteiger charge is 2.18. The third kappa shape index (κ3) is 5.25. The number of benzene rings is 2. The van der Waals surface area contributed by atoms with E-state index in [1.165, 1.54) is 36.0 Å². The van der Waals surface area contributed by atoms with Crippen molar-refractivity contribution >= 4 is 39.9 Å². The number of ether oxygens (including phenoxy) is 2. The van der Waals surface area contributed by atoms with Crippen LogP contribution in [0.25, 0.3) is 16.6 Å². The maximum atomic E-state index is 13.2. The summed E-state index contributed by atoms with van der Waals surface area (Å²) in [5.41, 5.74) is 3.77. The van der Waals surface area contributed by atoms with E-state index >= 15 is 0 Å². The topological polar surface area (TPSA) is 108 Å². The van der Waals surface area contributed by atoms with E-state index in [0.717, 1.165) is 16.8 Å². The molecule has 12 heteroatoms. The smallest absolute Gasteiger partial charge is 0.234 e. The molecule has 0 atom stereocenters. The van der Waals surface area contributed by atoms with Crippen LogP contribution in [-0.2, 0) is 17.8 Å². The maximum absolute atomic E-state index is 13.2. The van der Waals surface area contributed by atoms with Crippen molar-refractivity contribution in [2.45, 2.75) is 32.0 Å². The number of rotatable bonds is 9. The quantitative estimate of drug-likeness (QED) is 0.221. The van der Waals surface area contributed by atoms with E-state index in [9.17, 15) is 9.18 Å². The number of aryl methyl sites for hydroxylation is 4. The molecule has 0 spiro atoms. The molecule has 10 nitrogen and oxygen atoms in total. The minimum atomic E-state index is -0.368. The highest BCUT2D eigenvalue weighted by atomic mass is 32.2. The summed E-state index contributed by atoms with van der Waals surface area (Å²) >= 11 is 1.23. The molecule has 3 aromatic heterocycles. The van der Waals surface area contributed by atoms with E-state index in [4.69, 9.17) is 24.5 Å².